The number of hydrogen-bond acceptors (Lipinski definition) is 2. The van der Waals surface area contributed by atoms with E-state index in [0.717, 1.165) is 45.5 Å². The van der Waals surface area contributed by atoms with Gasteiger partial charge in [-0.25, -0.2) is 9.97 Å². The lowest BCUT2D eigenvalue weighted by Gasteiger charge is -2.26. The Balaban J connectivity index is 0.892. The van der Waals surface area contributed by atoms with Crippen molar-refractivity contribution in [3.63, 3.8) is 0 Å². The molecule has 0 spiro atoms. The standard InChI is InChI=1S/C68H44N2/c1-3-21-49-43(17-1)19-15-31-51(49)65-57-27-9-5-23-53(57)63(54-24-6-10-28-58(54)65)45-35-39-47(40-36-45)67-68(70-62-34-14-13-33-61(62)69-67)48-41-37-46(38-42-48)64-55-25-7-11-29-59(55)66(60-30-12-8-26-56(60)64)52-32-16-20-44-18-2-4-22-50(44)52/h1-31,33-42,52H,32H2. The van der Waals surface area contributed by atoms with Gasteiger partial charge >= 0.3 is 0 Å². The number of aromatic nitrogens is 2. The fourth-order valence-electron chi connectivity index (χ4n) is 11.7. The Labute approximate surface area is 406 Å². The summed E-state index contributed by atoms with van der Waals surface area (Å²) in [6.45, 7) is 0. The molecule has 0 saturated carbocycles. The fraction of sp³-hybridized carbons (Fsp3) is 0.0294. The molecule has 0 N–H and O–H groups in total. The maximum atomic E-state index is 5.36. The van der Waals surface area contributed by atoms with E-state index in [9.17, 15) is 0 Å². The molecule has 2 nitrogen and oxygen atoms in total. The highest BCUT2D eigenvalue weighted by Crippen LogP contribution is 2.48. The first kappa shape index (κ1) is 40.1. The zero-order valence-corrected chi connectivity index (χ0v) is 38.4. The predicted octanol–water partition coefficient (Wildman–Crippen LogP) is 18.3. The van der Waals surface area contributed by atoms with Crippen LogP contribution in [-0.2, 0) is 0 Å². The number of benzene rings is 12. The van der Waals surface area contributed by atoms with E-state index in [1.165, 1.54) is 98.4 Å². The van der Waals surface area contributed by atoms with Crippen molar-refractivity contribution in [1.29, 1.82) is 0 Å². The van der Waals surface area contributed by atoms with Crippen molar-refractivity contribution in [3.05, 3.63) is 259 Å². The van der Waals surface area contributed by atoms with Crippen molar-refractivity contribution in [1.82, 2.24) is 9.97 Å². The average molecular weight is 889 g/mol. The molecule has 2 heteroatoms. The highest BCUT2D eigenvalue weighted by atomic mass is 14.8. The van der Waals surface area contributed by atoms with Gasteiger partial charge in [0, 0.05) is 17.0 Å². The molecule has 70 heavy (non-hydrogen) atoms. The van der Waals surface area contributed by atoms with Crippen LogP contribution in [0.15, 0.2) is 243 Å². The van der Waals surface area contributed by atoms with Crippen molar-refractivity contribution in [2.75, 3.05) is 0 Å². The Morgan fingerprint density at radius 3 is 1.26 bits per heavy atom. The maximum absolute atomic E-state index is 5.36. The lowest BCUT2D eigenvalue weighted by Crippen LogP contribution is -2.07. The number of fused-ring (bicyclic) bond motifs is 7. The van der Waals surface area contributed by atoms with Crippen molar-refractivity contribution in [2.45, 2.75) is 12.3 Å². The van der Waals surface area contributed by atoms with Gasteiger partial charge in [0.2, 0.25) is 0 Å². The SMILES string of the molecule is C1=Cc2ccccc2C(c2c3ccccc3c(-c3ccc(-c4nc5ccccc5nc4-c4ccc(-c5c6ccccc6c(-c6cccc7ccccc67)c6ccccc56)cc4)cc3)c3ccccc23)C1. The van der Waals surface area contributed by atoms with Crippen molar-refractivity contribution >= 4 is 71.0 Å². The van der Waals surface area contributed by atoms with E-state index in [4.69, 9.17) is 9.97 Å². The second kappa shape index (κ2) is 16.4. The van der Waals surface area contributed by atoms with Gasteiger partial charge in [0.15, 0.2) is 0 Å². The van der Waals surface area contributed by atoms with E-state index < -0.39 is 0 Å². The molecule has 0 amide bonds. The average Bonchev–Trinajstić information content (AvgIpc) is 3.43. The van der Waals surface area contributed by atoms with Crippen LogP contribution in [0.2, 0.25) is 0 Å². The quantitative estimate of drug-likeness (QED) is 0.155. The van der Waals surface area contributed by atoms with E-state index >= 15 is 0 Å². The number of para-hydroxylation sites is 2. The molecule has 326 valence electrons. The Morgan fingerprint density at radius 2 is 0.714 bits per heavy atom. The summed E-state index contributed by atoms with van der Waals surface area (Å²) < 4.78 is 0. The Hall–Kier alpha value is -8.98. The summed E-state index contributed by atoms with van der Waals surface area (Å²) in [6.07, 6.45) is 5.60. The number of hydrogen-bond donors (Lipinski definition) is 0. The van der Waals surface area contributed by atoms with Gasteiger partial charge in [-0.05, 0) is 122 Å². The Bertz CT molecular complexity index is 4140. The molecule has 0 saturated heterocycles. The Morgan fingerprint density at radius 1 is 0.314 bits per heavy atom. The van der Waals surface area contributed by atoms with E-state index in [0.29, 0.717) is 0 Å². The lowest BCUT2D eigenvalue weighted by atomic mass is 9.77. The first-order valence-electron chi connectivity index (χ1n) is 24.3. The summed E-state index contributed by atoms with van der Waals surface area (Å²) in [5.41, 5.74) is 17.0. The van der Waals surface area contributed by atoms with E-state index in [1.807, 2.05) is 12.1 Å². The topological polar surface area (TPSA) is 25.8 Å². The normalized spacial score (nSPS) is 13.5. The summed E-state index contributed by atoms with van der Waals surface area (Å²) in [5.74, 6) is 0.270. The monoisotopic (exact) mass is 888 g/mol. The first-order valence-corrected chi connectivity index (χ1v) is 24.3. The van der Waals surface area contributed by atoms with E-state index in [1.54, 1.807) is 0 Å². The van der Waals surface area contributed by atoms with Crippen molar-refractivity contribution in [2.24, 2.45) is 0 Å². The molecule has 0 bridgehead atoms. The second-order valence-corrected chi connectivity index (χ2v) is 18.6. The van der Waals surface area contributed by atoms with E-state index in [-0.39, 0.29) is 5.92 Å². The van der Waals surface area contributed by atoms with Gasteiger partial charge in [-0.1, -0.05) is 237 Å². The molecular formula is C68H44N2. The molecule has 0 aliphatic heterocycles. The summed E-state index contributed by atoms with van der Waals surface area (Å²) in [7, 11) is 0. The molecule has 0 fully saturated rings. The number of rotatable bonds is 6. The molecule has 12 aromatic carbocycles. The third-order valence-electron chi connectivity index (χ3n) is 14.8. The summed E-state index contributed by atoms with van der Waals surface area (Å²) in [5, 5.41) is 12.6. The third kappa shape index (κ3) is 6.41. The van der Waals surface area contributed by atoms with Gasteiger partial charge in [0.05, 0.1) is 22.4 Å². The molecule has 1 aromatic heterocycles. The minimum atomic E-state index is 0.270. The second-order valence-electron chi connectivity index (χ2n) is 18.6. The molecular weight excluding hydrogens is 845 g/mol. The van der Waals surface area contributed by atoms with Crippen LogP contribution in [0, 0.1) is 0 Å². The minimum Gasteiger partial charge on any atom is -0.244 e. The highest BCUT2D eigenvalue weighted by Gasteiger charge is 2.26. The van der Waals surface area contributed by atoms with Gasteiger partial charge in [-0.15, -0.1) is 0 Å². The summed E-state index contributed by atoms with van der Waals surface area (Å²) in [4.78, 5) is 10.7. The fourth-order valence-corrected chi connectivity index (χ4v) is 11.7. The highest BCUT2D eigenvalue weighted by molar-refractivity contribution is 6.23. The van der Waals surface area contributed by atoms with Gasteiger partial charge in [-0.3, -0.25) is 0 Å². The molecule has 1 unspecified atom stereocenters. The summed E-state index contributed by atoms with van der Waals surface area (Å²) >= 11 is 0. The van der Waals surface area contributed by atoms with Crippen LogP contribution < -0.4 is 0 Å². The van der Waals surface area contributed by atoms with Crippen LogP contribution in [0.4, 0.5) is 0 Å². The molecule has 1 atom stereocenters. The molecule has 13 aromatic rings. The largest absolute Gasteiger partial charge is 0.244 e. The molecule has 0 radical (unpaired) electrons. The third-order valence-corrected chi connectivity index (χ3v) is 14.8. The molecule has 1 aliphatic rings. The Kier molecular flexibility index (Phi) is 9.38. The van der Waals surface area contributed by atoms with Gasteiger partial charge < -0.3 is 0 Å². The first-order chi connectivity index (χ1) is 34.7. The van der Waals surface area contributed by atoms with Crippen LogP contribution in [0.1, 0.15) is 29.0 Å². The lowest BCUT2D eigenvalue weighted by molar-refractivity contribution is 0.834. The van der Waals surface area contributed by atoms with Gasteiger partial charge in [-0.2, -0.15) is 0 Å². The molecule has 1 heterocycles. The molecule has 1 aliphatic carbocycles. The van der Waals surface area contributed by atoms with Crippen molar-refractivity contribution < 1.29 is 0 Å². The zero-order chi connectivity index (χ0) is 46.1. The van der Waals surface area contributed by atoms with Crippen LogP contribution in [-0.4, -0.2) is 9.97 Å². The van der Waals surface area contributed by atoms with Crippen LogP contribution >= 0.6 is 0 Å². The summed E-state index contributed by atoms with van der Waals surface area (Å²) in [6, 6.07) is 86.3. The molecule has 14 rings (SSSR count). The number of allylic oxidation sites excluding steroid dienone is 1. The van der Waals surface area contributed by atoms with Crippen LogP contribution in [0.3, 0.4) is 0 Å². The smallest absolute Gasteiger partial charge is 0.0973 e. The number of nitrogens with zero attached hydrogens (tertiary/aromatic N) is 2. The van der Waals surface area contributed by atoms with E-state index in [2.05, 4.69) is 237 Å². The zero-order valence-electron chi connectivity index (χ0n) is 38.4. The van der Waals surface area contributed by atoms with Crippen LogP contribution in [0.25, 0.3) is 127 Å². The van der Waals surface area contributed by atoms with Gasteiger partial charge in [0.25, 0.3) is 0 Å². The van der Waals surface area contributed by atoms with Crippen LogP contribution in [0.5, 0.6) is 0 Å². The van der Waals surface area contributed by atoms with Crippen molar-refractivity contribution in [3.8, 4) is 55.9 Å². The van der Waals surface area contributed by atoms with Gasteiger partial charge in [0.1, 0.15) is 0 Å². The maximum Gasteiger partial charge on any atom is 0.0973 e. The predicted molar refractivity (Wildman–Crippen MR) is 296 cm³/mol. The minimum absolute atomic E-state index is 0.270.